The summed E-state index contributed by atoms with van der Waals surface area (Å²) in [5.74, 6) is 0. The van der Waals surface area contributed by atoms with Crippen LogP contribution in [0.4, 0.5) is 4.39 Å². The van der Waals surface area contributed by atoms with E-state index in [4.69, 9.17) is 0 Å². The van der Waals surface area contributed by atoms with Crippen molar-refractivity contribution in [2.24, 2.45) is 0 Å². The summed E-state index contributed by atoms with van der Waals surface area (Å²) in [6.07, 6.45) is -2.01. The third kappa shape index (κ3) is 1.63. The average molecular weight is 149 g/mol. The van der Waals surface area contributed by atoms with Crippen LogP contribution in [0.2, 0.25) is 0 Å². The maximum absolute atomic E-state index is 12.4. The molecule has 0 saturated carbocycles. The number of hydrogen-bond donors (Lipinski definition) is 0. The van der Waals surface area contributed by atoms with Crippen LogP contribution in [0.15, 0.2) is 0 Å². The Hall–Kier alpha value is -0.710. The van der Waals surface area contributed by atoms with Gasteiger partial charge in [-0.15, -0.1) is 0 Å². The second-order valence-electron chi connectivity index (χ2n) is 2.23. The zero-order valence-corrected chi connectivity index (χ0v) is 5.33. The molecule has 2 unspecified atom stereocenters. The number of halogens is 1. The Kier molecular flexibility index (Phi) is 2.16. The molecule has 0 spiro atoms. The predicted molar refractivity (Wildman–Crippen MR) is 30.9 cm³/mol. The highest BCUT2D eigenvalue weighted by Gasteiger charge is 2.30. The Balaban J connectivity index is 2.39. The molecule has 4 nitrogen and oxygen atoms in total. The number of alkyl halides is 1. The normalized spacial score (nSPS) is 33.7. The van der Waals surface area contributed by atoms with Gasteiger partial charge >= 0.3 is 6.23 Å². The Labute approximate surface area is 57.1 Å². The largest absolute Gasteiger partial charge is 0.318 e. The van der Waals surface area contributed by atoms with Crippen molar-refractivity contribution in [1.29, 1.82) is 0 Å². The molecule has 5 heteroatoms. The van der Waals surface area contributed by atoms with Crippen molar-refractivity contribution in [3.63, 3.8) is 0 Å². The van der Waals surface area contributed by atoms with Crippen LogP contribution >= 0.6 is 0 Å². The molecule has 1 rings (SSSR count). The first-order valence-corrected chi connectivity index (χ1v) is 3.09. The fourth-order valence-electron chi connectivity index (χ4n) is 0.884. The van der Waals surface area contributed by atoms with Crippen molar-refractivity contribution in [3.8, 4) is 0 Å². The Morgan fingerprint density at radius 2 is 2.40 bits per heavy atom. The van der Waals surface area contributed by atoms with Gasteiger partial charge in [-0.1, -0.05) is 0 Å². The lowest BCUT2D eigenvalue weighted by Crippen LogP contribution is -2.32. The van der Waals surface area contributed by atoms with Gasteiger partial charge in [0, 0.05) is 6.42 Å². The quantitative estimate of drug-likeness (QED) is 0.408. The summed E-state index contributed by atoms with van der Waals surface area (Å²) in [7, 11) is 0. The van der Waals surface area contributed by atoms with E-state index in [0.717, 1.165) is 0 Å². The zero-order chi connectivity index (χ0) is 7.56. The molecule has 1 fully saturated rings. The van der Waals surface area contributed by atoms with E-state index in [2.05, 4.69) is 4.74 Å². The van der Waals surface area contributed by atoms with Crippen molar-refractivity contribution < 1.29 is 14.1 Å². The number of nitro groups is 1. The molecule has 58 valence electrons. The van der Waals surface area contributed by atoms with Crippen LogP contribution in [0.25, 0.3) is 0 Å². The summed E-state index contributed by atoms with van der Waals surface area (Å²) in [5.41, 5.74) is 0. The highest BCUT2D eigenvalue weighted by molar-refractivity contribution is 4.63. The van der Waals surface area contributed by atoms with Gasteiger partial charge in [0.25, 0.3) is 0 Å². The Bertz CT molecular complexity index is 141. The molecule has 0 aromatic carbocycles. The summed E-state index contributed by atoms with van der Waals surface area (Å²) in [6, 6.07) is 0. The van der Waals surface area contributed by atoms with Crippen molar-refractivity contribution in [3.05, 3.63) is 10.1 Å². The van der Waals surface area contributed by atoms with Gasteiger partial charge in [0.1, 0.15) is 6.17 Å². The minimum atomic E-state index is -1.12. The van der Waals surface area contributed by atoms with E-state index in [-0.39, 0.29) is 19.4 Å². The maximum Gasteiger partial charge on any atom is 0.318 e. The third-order valence-electron chi connectivity index (χ3n) is 1.43. The van der Waals surface area contributed by atoms with E-state index in [1.165, 1.54) is 0 Å². The number of nitrogens with zero attached hydrogens (tertiary/aromatic N) is 1. The summed E-state index contributed by atoms with van der Waals surface area (Å²) in [5, 5.41) is 10.0. The SMILES string of the molecule is O=[N+]([O-])C1CC(F)CCO1. The first kappa shape index (κ1) is 7.40. The summed E-state index contributed by atoms with van der Waals surface area (Å²) in [6.45, 7) is 0.160. The Morgan fingerprint density at radius 1 is 1.70 bits per heavy atom. The molecular weight excluding hydrogens is 141 g/mol. The predicted octanol–water partition coefficient (Wildman–Crippen LogP) is 0.738. The lowest BCUT2D eigenvalue weighted by Gasteiger charge is -2.18. The standard InChI is InChI=1S/C5H8FNO3/c6-4-1-2-10-5(3-4)7(8)9/h4-5H,1-3H2. The average Bonchev–Trinajstić information content (AvgIpc) is 1.88. The molecule has 0 aliphatic carbocycles. The molecule has 0 amide bonds. The summed E-state index contributed by atoms with van der Waals surface area (Å²) < 4.78 is 17.1. The van der Waals surface area contributed by atoms with Gasteiger partial charge in [-0.25, -0.2) is 4.39 Å². The first-order valence-electron chi connectivity index (χ1n) is 3.09. The molecule has 0 aromatic heterocycles. The van der Waals surface area contributed by atoms with Gasteiger partial charge in [-0.3, -0.25) is 10.1 Å². The van der Waals surface area contributed by atoms with Gasteiger partial charge in [0.15, 0.2) is 0 Å². The molecule has 10 heavy (non-hydrogen) atoms. The summed E-state index contributed by atoms with van der Waals surface area (Å²) >= 11 is 0. The zero-order valence-electron chi connectivity index (χ0n) is 5.33. The number of ether oxygens (including phenoxy) is 1. The second kappa shape index (κ2) is 2.92. The van der Waals surface area contributed by atoms with Crippen LogP contribution < -0.4 is 0 Å². The molecule has 1 heterocycles. The monoisotopic (exact) mass is 149 g/mol. The highest BCUT2D eigenvalue weighted by atomic mass is 19.1. The van der Waals surface area contributed by atoms with Gasteiger partial charge in [0.05, 0.1) is 18.0 Å². The molecule has 1 saturated heterocycles. The van der Waals surface area contributed by atoms with Gasteiger partial charge in [-0.05, 0) is 0 Å². The number of rotatable bonds is 1. The van der Waals surface area contributed by atoms with E-state index < -0.39 is 17.3 Å². The molecule has 1 aliphatic rings. The van der Waals surface area contributed by atoms with E-state index in [1.807, 2.05) is 0 Å². The molecular formula is C5H8FNO3. The van der Waals surface area contributed by atoms with E-state index in [9.17, 15) is 14.5 Å². The van der Waals surface area contributed by atoms with Crippen LogP contribution in [0.3, 0.4) is 0 Å². The smallest absolute Gasteiger partial charge is 0.317 e. The lowest BCUT2D eigenvalue weighted by molar-refractivity contribution is -0.582. The van der Waals surface area contributed by atoms with Crippen molar-refractivity contribution in [2.45, 2.75) is 25.2 Å². The van der Waals surface area contributed by atoms with Crippen LogP contribution in [0.1, 0.15) is 12.8 Å². The first-order chi connectivity index (χ1) is 4.70. The van der Waals surface area contributed by atoms with E-state index in [1.54, 1.807) is 0 Å². The lowest BCUT2D eigenvalue weighted by atomic mass is 10.1. The molecule has 0 bridgehead atoms. The van der Waals surface area contributed by atoms with Crippen molar-refractivity contribution in [2.75, 3.05) is 6.61 Å². The second-order valence-corrected chi connectivity index (χ2v) is 2.23. The topological polar surface area (TPSA) is 52.4 Å². The van der Waals surface area contributed by atoms with Crippen molar-refractivity contribution in [1.82, 2.24) is 0 Å². The van der Waals surface area contributed by atoms with Gasteiger partial charge < -0.3 is 4.74 Å². The highest BCUT2D eigenvalue weighted by Crippen LogP contribution is 2.16. The molecule has 1 aliphatic heterocycles. The fourth-order valence-corrected chi connectivity index (χ4v) is 0.884. The van der Waals surface area contributed by atoms with Crippen LogP contribution in [-0.2, 0) is 4.74 Å². The fraction of sp³-hybridized carbons (Fsp3) is 1.00. The molecule has 0 radical (unpaired) electrons. The van der Waals surface area contributed by atoms with Gasteiger partial charge in [0.2, 0.25) is 0 Å². The maximum atomic E-state index is 12.4. The Morgan fingerprint density at radius 3 is 2.80 bits per heavy atom. The van der Waals surface area contributed by atoms with E-state index in [0.29, 0.717) is 0 Å². The number of hydrogen-bond acceptors (Lipinski definition) is 3. The van der Waals surface area contributed by atoms with Crippen LogP contribution in [-0.4, -0.2) is 23.9 Å². The minimum Gasteiger partial charge on any atom is -0.317 e. The summed E-state index contributed by atoms with van der Waals surface area (Å²) in [4.78, 5) is 9.42. The van der Waals surface area contributed by atoms with Gasteiger partial charge in [-0.2, -0.15) is 0 Å². The minimum absolute atomic E-state index is 0.104. The van der Waals surface area contributed by atoms with Crippen molar-refractivity contribution >= 4 is 0 Å². The molecule has 0 aromatic rings. The van der Waals surface area contributed by atoms with Crippen LogP contribution in [0.5, 0.6) is 0 Å². The molecule has 0 N–H and O–H groups in total. The third-order valence-corrected chi connectivity index (χ3v) is 1.43. The van der Waals surface area contributed by atoms with Crippen LogP contribution in [0, 0.1) is 10.1 Å². The van der Waals surface area contributed by atoms with E-state index >= 15 is 0 Å². The molecule has 2 atom stereocenters.